The van der Waals surface area contributed by atoms with Crippen LogP contribution in [0.2, 0.25) is 0 Å². The topological polar surface area (TPSA) is 86.5 Å². The molecule has 0 heterocycles. The highest BCUT2D eigenvalue weighted by Crippen LogP contribution is 2.62. The molecular formula is C14H18FNO4S. The molecule has 0 bridgehead atoms. The number of carbonyl (C=O) groups excluding carboxylic acids is 1. The first kappa shape index (κ1) is 15.9. The van der Waals surface area contributed by atoms with Gasteiger partial charge < -0.3 is 10.5 Å². The second-order valence-corrected chi connectivity index (χ2v) is 7.41. The Morgan fingerprint density at radius 1 is 1.38 bits per heavy atom. The monoisotopic (exact) mass is 315 g/mol. The molecule has 0 unspecified atom stereocenters. The summed E-state index contributed by atoms with van der Waals surface area (Å²) in [6.07, 6.45) is 1.07. The molecule has 5 nitrogen and oxygen atoms in total. The zero-order chi connectivity index (χ0) is 15.8. The maximum Gasteiger partial charge on any atom is 0.315 e. The average molecular weight is 315 g/mol. The van der Waals surface area contributed by atoms with Crippen molar-refractivity contribution in [3.05, 3.63) is 35.6 Å². The molecule has 0 aliphatic heterocycles. The highest BCUT2D eigenvalue weighted by Gasteiger charge is 2.74. The highest BCUT2D eigenvalue weighted by molar-refractivity contribution is 7.91. The molecule has 2 rings (SSSR count). The van der Waals surface area contributed by atoms with Crippen molar-refractivity contribution in [2.75, 3.05) is 19.4 Å². The molecule has 116 valence electrons. The van der Waals surface area contributed by atoms with Crippen molar-refractivity contribution in [3.63, 3.8) is 0 Å². The standard InChI is InChI=1S/C14H18FNO4S/c1-3-20-13(17)14(8-16)11(12(14)21(2,18)19)9-4-6-10(15)7-5-9/h4-7,11-12H,3,8,16H2,1-2H3/t11-,12+,14-/m1/s1. The largest absolute Gasteiger partial charge is 0.465 e. The van der Waals surface area contributed by atoms with Crippen LogP contribution in [-0.2, 0) is 19.4 Å². The van der Waals surface area contributed by atoms with Crippen molar-refractivity contribution < 1.29 is 22.3 Å². The highest BCUT2D eigenvalue weighted by atomic mass is 32.2. The Bertz CT molecular complexity index is 643. The Morgan fingerprint density at radius 2 is 1.95 bits per heavy atom. The Balaban J connectivity index is 2.47. The molecule has 1 aromatic carbocycles. The predicted octanol–water partition coefficient (Wildman–Crippen LogP) is 0.844. The smallest absolute Gasteiger partial charge is 0.315 e. The van der Waals surface area contributed by atoms with Gasteiger partial charge in [-0.1, -0.05) is 12.1 Å². The first-order chi connectivity index (χ1) is 9.79. The normalized spacial score (nSPS) is 28.2. The summed E-state index contributed by atoms with van der Waals surface area (Å²) in [5, 5.41) is -0.931. The van der Waals surface area contributed by atoms with Crippen LogP contribution in [0.5, 0.6) is 0 Å². The van der Waals surface area contributed by atoms with Crippen LogP contribution in [0.4, 0.5) is 4.39 Å². The van der Waals surface area contributed by atoms with Crippen molar-refractivity contribution in [2.45, 2.75) is 18.1 Å². The molecule has 1 aliphatic carbocycles. The van der Waals surface area contributed by atoms with E-state index in [1.807, 2.05) is 0 Å². The van der Waals surface area contributed by atoms with Crippen LogP contribution in [0.1, 0.15) is 18.4 Å². The molecule has 7 heteroatoms. The SMILES string of the molecule is CCOC(=O)[C@]1(CN)[C@H](c2ccc(F)cc2)[C@@H]1S(C)(=O)=O. The third-order valence-corrected chi connectivity index (χ3v) is 5.56. The van der Waals surface area contributed by atoms with Crippen LogP contribution in [0.15, 0.2) is 24.3 Å². The molecule has 0 amide bonds. The summed E-state index contributed by atoms with van der Waals surface area (Å²) in [4.78, 5) is 12.2. The zero-order valence-corrected chi connectivity index (χ0v) is 12.7. The van der Waals surface area contributed by atoms with Crippen molar-refractivity contribution >= 4 is 15.8 Å². The summed E-state index contributed by atoms with van der Waals surface area (Å²) in [6.45, 7) is 1.66. The predicted molar refractivity (Wildman–Crippen MR) is 75.9 cm³/mol. The maximum absolute atomic E-state index is 13.0. The van der Waals surface area contributed by atoms with Crippen LogP contribution in [0, 0.1) is 11.2 Å². The molecule has 0 aromatic heterocycles. The fourth-order valence-electron chi connectivity index (χ4n) is 3.01. The van der Waals surface area contributed by atoms with E-state index in [9.17, 15) is 17.6 Å². The van der Waals surface area contributed by atoms with Gasteiger partial charge in [0, 0.05) is 18.7 Å². The molecule has 1 saturated carbocycles. The summed E-state index contributed by atoms with van der Waals surface area (Å²) in [7, 11) is -3.49. The molecule has 1 aromatic rings. The van der Waals surface area contributed by atoms with Gasteiger partial charge in [0.1, 0.15) is 11.2 Å². The van der Waals surface area contributed by atoms with E-state index in [2.05, 4.69) is 0 Å². The van der Waals surface area contributed by atoms with Crippen LogP contribution in [-0.4, -0.2) is 39.0 Å². The van der Waals surface area contributed by atoms with Crippen molar-refractivity contribution in [1.29, 1.82) is 0 Å². The van der Waals surface area contributed by atoms with Gasteiger partial charge in [0.15, 0.2) is 9.84 Å². The molecule has 0 spiro atoms. The molecule has 3 atom stereocenters. The van der Waals surface area contributed by atoms with Gasteiger partial charge >= 0.3 is 5.97 Å². The first-order valence-electron chi connectivity index (χ1n) is 6.60. The third-order valence-electron chi connectivity index (χ3n) is 3.94. The molecule has 0 saturated heterocycles. The van der Waals surface area contributed by atoms with E-state index in [0.717, 1.165) is 6.26 Å². The maximum atomic E-state index is 13.0. The summed E-state index contributed by atoms with van der Waals surface area (Å²) in [5.41, 5.74) is 5.00. The molecule has 2 N–H and O–H groups in total. The summed E-state index contributed by atoms with van der Waals surface area (Å²) >= 11 is 0. The number of hydrogen-bond acceptors (Lipinski definition) is 5. The van der Waals surface area contributed by atoms with E-state index in [4.69, 9.17) is 10.5 Å². The lowest BCUT2D eigenvalue weighted by atomic mass is 9.99. The summed E-state index contributed by atoms with van der Waals surface area (Å²) in [5.74, 6) is -1.64. The average Bonchev–Trinajstić information content (AvgIpc) is 3.10. The first-order valence-corrected chi connectivity index (χ1v) is 8.56. The Labute approximate surface area is 123 Å². The lowest BCUT2D eigenvalue weighted by molar-refractivity contribution is -0.149. The second kappa shape index (κ2) is 5.38. The quantitative estimate of drug-likeness (QED) is 0.814. The molecular weight excluding hydrogens is 297 g/mol. The minimum absolute atomic E-state index is 0.133. The van der Waals surface area contributed by atoms with Crippen LogP contribution in [0.3, 0.4) is 0 Å². The van der Waals surface area contributed by atoms with Gasteiger partial charge in [-0.05, 0) is 24.6 Å². The minimum atomic E-state index is -3.49. The number of sulfone groups is 1. The third kappa shape index (κ3) is 2.55. The Kier molecular flexibility index (Phi) is 4.08. The number of carbonyl (C=O) groups is 1. The fourth-order valence-corrected chi connectivity index (χ4v) is 4.93. The van der Waals surface area contributed by atoms with E-state index < -0.39 is 38.2 Å². The lowest BCUT2D eigenvalue weighted by Gasteiger charge is -2.14. The van der Waals surface area contributed by atoms with Gasteiger partial charge in [-0.25, -0.2) is 12.8 Å². The van der Waals surface area contributed by atoms with Crippen LogP contribution >= 0.6 is 0 Å². The zero-order valence-electron chi connectivity index (χ0n) is 11.9. The Hall–Kier alpha value is -1.47. The van der Waals surface area contributed by atoms with Gasteiger partial charge in [0.25, 0.3) is 0 Å². The van der Waals surface area contributed by atoms with Crippen molar-refractivity contribution in [1.82, 2.24) is 0 Å². The number of benzene rings is 1. The Morgan fingerprint density at radius 3 is 2.38 bits per heavy atom. The molecule has 21 heavy (non-hydrogen) atoms. The number of rotatable bonds is 5. The van der Waals surface area contributed by atoms with Gasteiger partial charge in [-0.3, -0.25) is 4.79 Å². The van der Waals surface area contributed by atoms with Crippen LogP contribution < -0.4 is 5.73 Å². The number of nitrogens with two attached hydrogens (primary N) is 1. The van der Waals surface area contributed by atoms with E-state index in [0.29, 0.717) is 5.56 Å². The second-order valence-electron chi connectivity index (χ2n) is 5.24. The van der Waals surface area contributed by atoms with Crippen molar-refractivity contribution in [2.24, 2.45) is 11.1 Å². The lowest BCUT2D eigenvalue weighted by Crippen LogP contribution is -2.33. The van der Waals surface area contributed by atoms with E-state index in [1.165, 1.54) is 24.3 Å². The molecule has 1 fully saturated rings. The van der Waals surface area contributed by atoms with E-state index in [-0.39, 0.29) is 13.2 Å². The number of ether oxygens (including phenoxy) is 1. The number of halogens is 1. The number of esters is 1. The van der Waals surface area contributed by atoms with Crippen molar-refractivity contribution in [3.8, 4) is 0 Å². The minimum Gasteiger partial charge on any atom is -0.465 e. The van der Waals surface area contributed by atoms with Gasteiger partial charge in [-0.2, -0.15) is 0 Å². The van der Waals surface area contributed by atoms with Crippen LogP contribution in [0.25, 0.3) is 0 Å². The summed E-state index contributed by atoms with van der Waals surface area (Å²) < 4.78 is 42.0. The van der Waals surface area contributed by atoms with E-state index >= 15 is 0 Å². The molecule has 0 radical (unpaired) electrons. The molecule has 1 aliphatic rings. The van der Waals surface area contributed by atoms with Gasteiger partial charge in [0.05, 0.1) is 11.9 Å². The van der Waals surface area contributed by atoms with Gasteiger partial charge in [0.2, 0.25) is 0 Å². The number of hydrogen-bond donors (Lipinski definition) is 1. The van der Waals surface area contributed by atoms with E-state index in [1.54, 1.807) is 6.92 Å². The fraction of sp³-hybridized carbons (Fsp3) is 0.500. The summed E-state index contributed by atoms with van der Waals surface area (Å²) in [6, 6.07) is 5.43. The van der Waals surface area contributed by atoms with Gasteiger partial charge in [-0.15, -0.1) is 0 Å².